The minimum atomic E-state index is -1.02. The molecule has 3 nitrogen and oxygen atoms in total. The van der Waals surface area contributed by atoms with Gasteiger partial charge in [-0.3, -0.25) is 4.21 Å². The first kappa shape index (κ1) is 12.9. The highest BCUT2D eigenvalue weighted by atomic mass is 35.5. The SMILES string of the molecule is Nc1ccc(S(=O)CCC2CCCO2)cc1Cl. The van der Waals surface area contributed by atoms with Gasteiger partial charge in [0, 0.05) is 17.3 Å². The highest BCUT2D eigenvalue weighted by molar-refractivity contribution is 7.85. The number of halogens is 1. The molecule has 1 heterocycles. The number of benzene rings is 1. The second-order valence-corrected chi connectivity index (χ2v) is 6.13. The minimum Gasteiger partial charge on any atom is -0.398 e. The Bertz CT molecular complexity index is 419. The van der Waals surface area contributed by atoms with E-state index < -0.39 is 10.8 Å². The molecule has 0 bridgehead atoms. The lowest BCUT2D eigenvalue weighted by molar-refractivity contribution is 0.109. The molecule has 0 aliphatic carbocycles. The van der Waals surface area contributed by atoms with Crippen molar-refractivity contribution in [3.63, 3.8) is 0 Å². The number of hydrogen-bond acceptors (Lipinski definition) is 3. The third kappa shape index (κ3) is 3.44. The van der Waals surface area contributed by atoms with Crippen LogP contribution in [-0.4, -0.2) is 22.7 Å². The van der Waals surface area contributed by atoms with Crippen molar-refractivity contribution in [1.82, 2.24) is 0 Å². The Morgan fingerprint density at radius 2 is 2.35 bits per heavy atom. The van der Waals surface area contributed by atoms with E-state index in [9.17, 15) is 4.21 Å². The summed E-state index contributed by atoms with van der Waals surface area (Å²) in [7, 11) is -1.02. The van der Waals surface area contributed by atoms with Gasteiger partial charge in [0.15, 0.2) is 0 Å². The smallest absolute Gasteiger partial charge is 0.0647 e. The number of nitrogen functional groups attached to an aromatic ring is 1. The molecule has 1 aromatic rings. The van der Waals surface area contributed by atoms with Crippen LogP contribution in [0, 0.1) is 0 Å². The molecule has 17 heavy (non-hydrogen) atoms. The second kappa shape index (κ2) is 5.85. The van der Waals surface area contributed by atoms with Crippen LogP contribution < -0.4 is 5.73 Å². The van der Waals surface area contributed by atoms with Crippen LogP contribution >= 0.6 is 11.6 Å². The van der Waals surface area contributed by atoms with Gasteiger partial charge in [0.2, 0.25) is 0 Å². The van der Waals surface area contributed by atoms with E-state index in [0.29, 0.717) is 16.5 Å². The normalized spacial score (nSPS) is 21.6. The maximum absolute atomic E-state index is 12.0. The first-order chi connectivity index (χ1) is 8.16. The number of ether oxygens (including phenoxy) is 1. The summed E-state index contributed by atoms with van der Waals surface area (Å²) in [5.74, 6) is 0.616. The van der Waals surface area contributed by atoms with Gasteiger partial charge in [-0.2, -0.15) is 0 Å². The zero-order chi connectivity index (χ0) is 12.3. The minimum absolute atomic E-state index is 0.281. The molecule has 1 saturated heterocycles. The number of nitrogens with two attached hydrogens (primary N) is 1. The molecular weight excluding hydrogens is 258 g/mol. The van der Waals surface area contributed by atoms with Gasteiger partial charge in [0.05, 0.1) is 27.6 Å². The van der Waals surface area contributed by atoms with E-state index in [2.05, 4.69) is 0 Å². The lowest BCUT2D eigenvalue weighted by Crippen LogP contribution is -2.10. The van der Waals surface area contributed by atoms with E-state index >= 15 is 0 Å². The van der Waals surface area contributed by atoms with Gasteiger partial charge in [-0.25, -0.2) is 0 Å². The molecule has 0 amide bonds. The summed E-state index contributed by atoms with van der Waals surface area (Å²) in [5, 5.41) is 0.466. The van der Waals surface area contributed by atoms with Crippen molar-refractivity contribution in [3.05, 3.63) is 23.2 Å². The third-order valence-electron chi connectivity index (χ3n) is 2.88. The highest BCUT2D eigenvalue weighted by Gasteiger charge is 2.17. The topological polar surface area (TPSA) is 52.3 Å². The van der Waals surface area contributed by atoms with Crippen LogP contribution in [0.2, 0.25) is 5.02 Å². The van der Waals surface area contributed by atoms with E-state index in [4.69, 9.17) is 22.1 Å². The molecule has 1 aromatic carbocycles. The molecule has 2 N–H and O–H groups in total. The van der Waals surface area contributed by atoms with Gasteiger partial charge in [-0.1, -0.05) is 11.6 Å². The fourth-order valence-corrected chi connectivity index (χ4v) is 3.30. The van der Waals surface area contributed by atoms with Crippen LogP contribution in [0.25, 0.3) is 0 Å². The molecule has 5 heteroatoms. The number of anilines is 1. The molecule has 0 radical (unpaired) electrons. The van der Waals surface area contributed by atoms with E-state index in [0.717, 1.165) is 30.8 Å². The molecule has 2 unspecified atom stereocenters. The first-order valence-corrected chi connectivity index (χ1v) is 7.41. The molecule has 2 rings (SSSR count). The maximum Gasteiger partial charge on any atom is 0.0647 e. The van der Waals surface area contributed by atoms with Gasteiger partial charge in [-0.05, 0) is 37.5 Å². The lowest BCUT2D eigenvalue weighted by Gasteiger charge is -2.09. The maximum atomic E-state index is 12.0. The molecule has 0 saturated carbocycles. The number of hydrogen-bond donors (Lipinski definition) is 1. The Morgan fingerprint density at radius 3 is 3.00 bits per heavy atom. The van der Waals surface area contributed by atoms with Gasteiger partial charge in [0.1, 0.15) is 0 Å². The van der Waals surface area contributed by atoms with Gasteiger partial charge < -0.3 is 10.5 Å². The Balaban J connectivity index is 1.92. The molecule has 1 fully saturated rings. The van der Waals surface area contributed by atoms with Crippen molar-refractivity contribution in [2.24, 2.45) is 0 Å². The lowest BCUT2D eigenvalue weighted by atomic mass is 10.2. The van der Waals surface area contributed by atoms with Gasteiger partial charge in [0.25, 0.3) is 0 Å². The second-order valence-electron chi connectivity index (χ2n) is 4.16. The average molecular weight is 274 g/mol. The fourth-order valence-electron chi connectivity index (χ4n) is 1.88. The summed E-state index contributed by atoms with van der Waals surface area (Å²) >= 11 is 5.90. The van der Waals surface area contributed by atoms with Crippen LogP contribution in [0.1, 0.15) is 19.3 Å². The number of rotatable bonds is 4. The average Bonchev–Trinajstić information content (AvgIpc) is 2.82. The van der Waals surface area contributed by atoms with Crippen LogP contribution in [0.15, 0.2) is 23.1 Å². The van der Waals surface area contributed by atoms with Crippen LogP contribution in [0.5, 0.6) is 0 Å². The summed E-state index contributed by atoms with van der Waals surface area (Å²) < 4.78 is 17.5. The standard InChI is InChI=1S/C12H16ClNO2S/c13-11-8-10(3-4-12(11)14)17(15)7-5-9-2-1-6-16-9/h3-4,8-9H,1-2,5-7,14H2. The zero-order valence-corrected chi connectivity index (χ0v) is 11.1. The van der Waals surface area contributed by atoms with E-state index in [1.807, 2.05) is 0 Å². The zero-order valence-electron chi connectivity index (χ0n) is 9.52. The summed E-state index contributed by atoms with van der Waals surface area (Å²) in [6.07, 6.45) is 3.32. The Hall–Kier alpha value is -0.580. The Kier molecular flexibility index (Phi) is 4.42. The van der Waals surface area contributed by atoms with Gasteiger partial charge in [-0.15, -0.1) is 0 Å². The predicted octanol–water partition coefficient (Wildman–Crippen LogP) is 2.60. The summed E-state index contributed by atoms with van der Waals surface area (Å²) in [4.78, 5) is 0.738. The summed E-state index contributed by atoms with van der Waals surface area (Å²) in [6.45, 7) is 0.838. The van der Waals surface area contributed by atoms with E-state index in [-0.39, 0.29) is 6.10 Å². The van der Waals surface area contributed by atoms with Crippen LogP contribution in [0.3, 0.4) is 0 Å². The van der Waals surface area contributed by atoms with Crippen molar-refractivity contribution in [2.45, 2.75) is 30.3 Å². The molecule has 1 aliphatic rings. The summed E-state index contributed by atoms with van der Waals surface area (Å²) in [5.41, 5.74) is 6.13. The van der Waals surface area contributed by atoms with Crippen molar-refractivity contribution in [1.29, 1.82) is 0 Å². The quantitative estimate of drug-likeness (QED) is 0.858. The van der Waals surface area contributed by atoms with Crippen LogP contribution in [-0.2, 0) is 15.5 Å². The first-order valence-electron chi connectivity index (χ1n) is 5.72. The molecule has 94 valence electrons. The Labute approximate surface area is 109 Å². The summed E-state index contributed by atoms with van der Waals surface area (Å²) in [6, 6.07) is 5.15. The molecular formula is C12H16ClNO2S. The van der Waals surface area contributed by atoms with Crippen molar-refractivity contribution in [3.8, 4) is 0 Å². The predicted molar refractivity (Wildman–Crippen MR) is 70.7 cm³/mol. The van der Waals surface area contributed by atoms with Crippen molar-refractivity contribution in [2.75, 3.05) is 18.1 Å². The van der Waals surface area contributed by atoms with E-state index in [1.165, 1.54) is 0 Å². The monoisotopic (exact) mass is 273 g/mol. The fraction of sp³-hybridized carbons (Fsp3) is 0.500. The van der Waals surface area contributed by atoms with E-state index in [1.54, 1.807) is 18.2 Å². The van der Waals surface area contributed by atoms with Crippen LogP contribution in [0.4, 0.5) is 5.69 Å². The Morgan fingerprint density at radius 1 is 1.53 bits per heavy atom. The highest BCUT2D eigenvalue weighted by Crippen LogP contribution is 2.23. The van der Waals surface area contributed by atoms with Crippen molar-refractivity contribution < 1.29 is 8.95 Å². The van der Waals surface area contributed by atoms with Crippen molar-refractivity contribution >= 4 is 28.1 Å². The molecule has 0 aromatic heterocycles. The van der Waals surface area contributed by atoms with Gasteiger partial charge >= 0.3 is 0 Å². The third-order valence-corrected chi connectivity index (χ3v) is 4.60. The molecule has 1 aliphatic heterocycles. The molecule has 0 spiro atoms. The largest absolute Gasteiger partial charge is 0.398 e. The molecule has 2 atom stereocenters.